The SMILES string of the molecule is Cc1cc(OCC(=O)N/N=C\c2ccc(Br)o2)cc(C)c1Cl. The summed E-state index contributed by atoms with van der Waals surface area (Å²) in [6, 6.07) is 7.02. The van der Waals surface area contributed by atoms with Gasteiger partial charge < -0.3 is 9.15 Å². The fourth-order valence-electron chi connectivity index (χ4n) is 1.74. The Labute approximate surface area is 141 Å². The summed E-state index contributed by atoms with van der Waals surface area (Å²) in [6.45, 7) is 3.63. The van der Waals surface area contributed by atoms with Gasteiger partial charge in [-0.3, -0.25) is 4.79 Å². The molecule has 0 bridgehead atoms. The Morgan fingerprint density at radius 3 is 2.68 bits per heavy atom. The third-order valence-electron chi connectivity index (χ3n) is 2.75. The summed E-state index contributed by atoms with van der Waals surface area (Å²) < 4.78 is 11.2. The topological polar surface area (TPSA) is 63.8 Å². The summed E-state index contributed by atoms with van der Waals surface area (Å²) in [5, 5.41) is 4.48. The number of aryl methyl sites for hydroxylation is 2. The van der Waals surface area contributed by atoms with Crippen LogP contribution in [0.5, 0.6) is 5.75 Å². The maximum Gasteiger partial charge on any atom is 0.277 e. The lowest BCUT2D eigenvalue weighted by Gasteiger charge is -2.09. The van der Waals surface area contributed by atoms with Gasteiger partial charge in [-0.15, -0.1) is 0 Å². The maximum atomic E-state index is 11.6. The lowest BCUT2D eigenvalue weighted by molar-refractivity contribution is -0.123. The van der Waals surface area contributed by atoms with Gasteiger partial charge in [0.1, 0.15) is 11.5 Å². The predicted molar refractivity (Wildman–Crippen MR) is 88.6 cm³/mol. The van der Waals surface area contributed by atoms with Crippen molar-refractivity contribution in [1.29, 1.82) is 0 Å². The monoisotopic (exact) mass is 384 g/mol. The van der Waals surface area contributed by atoms with Gasteiger partial charge in [0.05, 0.1) is 6.21 Å². The number of hydrogen-bond donors (Lipinski definition) is 1. The van der Waals surface area contributed by atoms with Crippen LogP contribution >= 0.6 is 27.5 Å². The van der Waals surface area contributed by atoms with Crippen LogP contribution in [-0.2, 0) is 4.79 Å². The van der Waals surface area contributed by atoms with Gasteiger partial charge in [-0.2, -0.15) is 5.10 Å². The van der Waals surface area contributed by atoms with Crippen molar-refractivity contribution in [2.24, 2.45) is 5.10 Å². The summed E-state index contributed by atoms with van der Waals surface area (Å²) in [6.07, 6.45) is 1.40. The third-order valence-corrected chi connectivity index (χ3v) is 3.78. The Bertz CT molecular complexity index is 690. The molecule has 5 nitrogen and oxygen atoms in total. The van der Waals surface area contributed by atoms with Crippen molar-refractivity contribution in [2.75, 3.05) is 6.61 Å². The lowest BCUT2D eigenvalue weighted by atomic mass is 10.1. The summed E-state index contributed by atoms with van der Waals surface area (Å²) in [4.78, 5) is 11.6. The van der Waals surface area contributed by atoms with E-state index < -0.39 is 0 Å². The van der Waals surface area contributed by atoms with E-state index in [2.05, 4.69) is 26.5 Å². The molecule has 0 radical (unpaired) electrons. The molecule has 0 saturated carbocycles. The van der Waals surface area contributed by atoms with Crippen molar-refractivity contribution >= 4 is 39.7 Å². The van der Waals surface area contributed by atoms with Crippen molar-refractivity contribution in [2.45, 2.75) is 13.8 Å². The van der Waals surface area contributed by atoms with Crippen molar-refractivity contribution in [3.63, 3.8) is 0 Å². The number of nitrogens with one attached hydrogen (secondary N) is 1. The van der Waals surface area contributed by atoms with Gasteiger partial charge in [0.2, 0.25) is 0 Å². The average Bonchev–Trinajstić information content (AvgIpc) is 2.88. The minimum atomic E-state index is -0.368. The van der Waals surface area contributed by atoms with E-state index in [4.69, 9.17) is 20.8 Å². The Kier molecular flexibility index (Phi) is 5.63. The van der Waals surface area contributed by atoms with Crippen LogP contribution in [0.25, 0.3) is 0 Å². The van der Waals surface area contributed by atoms with Crippen molar-refractivity contribution in [1.82, 2.24) is 5.43 Å². The van der Waals surface area contributed by atoms with E-state index in [1.165, 1.54) is 6.21 Å². The molecule has 116 valence electrons. The number of hydrazone groups is 1. The number of benzene rings is 1. The second-order valence-corrected chi connectivity index (χ2v) is 5.75. The molecular formula is C15H14BrClN2O3. The molecule has 0 saturated heterocycles. The molecule has 1 heterocycles. The van der Waals surface area contributed by atoms with E-state index in [-0.39, 0.29) is 12.5 Å². The molecule has 1 amide bonds. The number of rotatable bonds is 5. The molecule has 0 atom stereocenters. The Morgan fingerprint density at radius 1 is 1.41 bits per heavy atom. The Balaban J connectivity index is 1.84. The van der Waals surface area contributed by atoms with Gasteiger partial charge in [0.15, 0.2) is 11.3 Å². The van der Waals surface area contributed by atoms with Crippen LogP contribution in [0.3, 0.4) is 0 Å². The zero-order valence-corrected chi connectivity index (χ0v) is 14.4. The number of hydrogen-bond acceptors (Lipinski definition) is 4. The summed E-state index contributed by atoms with van der Waals surface area (Å²) in [5.74, 6) is 0.748. The Hall–Kier alpha value is -1.79. The smallest absolute Gasteiger partial charge is 0.277 e. The van der Waals surface area contributed by atoms with Crippen LogP contribution < -0.4 is 10.2 Å². The van der Waals surface area contributed by atoms with Crippen LogP contribution in [0.2, 0.25) is 5.02 Å². The molecule has 0 spiro atoms. The third kappa shape index (κ3) is 4.61. The van der Waals surface area contributed by atoms with Gasteiger partial charge in [-0.05, 0) is 65.2 Å². The zero-order valence-electron chi connectivity index (χ0n) is 12.0. The van der Waals surface area contributed by atoms with Gasteiger partial charge in [0.25, 0.3) is 5.91 Å². The average molecular weight is 386 g/mol. The first-order valence-corrected chi connectivity index (χ1v) is 7.59. The van der Waals surface area contributed by atoms with E-state index in [1.54, 1.807) is 24.3 Å². The zero-order chi connectivity index (χ0) is 16.1. The van der Waals surface area contributed by atoms with E-state index in [1.807, 2.05) is 13.8 Å². The fraction of sp³-hybridized carbons (Fsp3) is 0.200. The Morgan fingerprint density at radius 2 is 2.09 bits per heavy atom. The second-order valence-electron chi connectivity index (χ2n) is 4.59. The summed E-state index contributed by atoms with van der Waals surface area (Å²) in [7, 11) is 0. The number of nitrogens with zero attached hydrogens (tertiary/aromatic N) is 1. The first-order chi connectivity index (χ1) is 10.5. The fourth-order valence-corrected chi connectivity index (χ4v) is 2.16. The molecule has 1 aromatic carbocycles. The molecule has 0 aliphatic heterocycles. The summed E-state index contributed by atoms with van der Waals surface area (Å²) >= 11 is 9.25. The molecule has 0 unspecified atom stereocenters. The van der Waals surface area contributed by atoms with E-state index in [0.717, 1.165) is 11.1 Å². The quantitative estimate of drug-likeness (QED) is 0.628. The molecule has 0 fully saturated rings. The van der Waals surface area contributed by atoms with Crippen LogP contribution in [0.4, 0.5) is 0 Å². The second kappa shape index (κ2) is 7.47. The molecule has 7 heteroatoms. The van der Waals surface area contributed by atoms with Gasteiger partial charge in [0, 0.05) is 5.02 Å². The normalized spacial score (nSPS) is 10.9. The lowest BCUT2D eigenvalue weighted by Crippen LogP contribution is -2.24. The summed E-state index contributed by atoms with van der Waals surface area (Å²) in [5.41, 5.74) is 4.16. The highest BCUT2D eigenvalue weighted by atomic mass is 79.9. The van der Waals surface area contributed by atoms with Crippen LogP contribution in [0, 0.1) is 13.8 Å². The van der Waals surface area contributed by atoms with Gasteiger partial charge in [-0.1, -0.05) is 11.6 Å². The molecule has 1 N–H and O–H groups in total. The molecule has 1 aromatic heterocycles. The predicted octanol–water partition coefficient (Wildman–Crippen LogP) is 3.84. The minimum Gasteiger partial charge on any atom is -0.484 e. The maximum absolute atomic E-state index is 11.6. The van der Waals surface area contributed by atoms with Crippen LogP contribution in [-0.4, -0.2) is 18.7 Å². The number of furan rings is 1. The van der Waals surface area contributed by atoms with Gasteiger partial charge >= 0.3 is 0 Å². The van der Waals surface area contributed by atoms with Crippen molar-refractivity contribution in [3.8, 4) is 5.75 Å². The molecule has 0 aliphatic rings. The van der Waals surface area contributed by atoms with E-state index in [0.29, 0.717) is 21.2 Å². The van der Waals surface area contributed by atoms with Crippen LogP contribution in [0.15, 0.2) is 38.5 Å². The highest BCUT2D eigenvalue weighted by Gasteiger charge is 2.06. The number of amides is 1. The highest BCUT2D eigenvalue weighted by Crippen LogP contribution is 2.25. The minimum absolute atomic E-state index is 0.139. The number of ether oxygens (including phenoxy) is 1. The number of carbonyl (C=O) groups excluding carboxylic acids is 1. The first kappa shape index (κ1) is 16.6. The molecule has 2 rings (SSSR count). The molecule has 2 aromatic rings. The number of halogens is 2. The molecular weight excluding hydrogens is 372 g/mol. The van der Waals surface area contributed by atoms with E-state index in [9.17, 15) is 4.79 Å². The van der Waals surface area contributed by atoms with Crippen molar-refractivity contribution in [3.05, 3.63) is 50.8 Å². The number of carbonyl (C=O) groups is 1. The molecule has 0 aliphatic carbocycles. The largest absolute Gasteiger partial charge is 0.484 e. The highest BCUT2D eigenvalue weighted by molar-refractivity contribution is 9.10. The standard InChI is InChI=1S/C15H14BrClN2O3/c1-9-5-12(6-10(2)15(9)17)21-8-14(20)19-18-7-11-3-4-13(16)22-11/h3-7H,8H2,1-2H3,(H,19,20)/b18-7-. The van der Waals surface area contributed by atoms with E-state index >= 15 is 0 Å². The molecule has 22 heavy (non-hydrogen) atoms. The first-order valence-electron chi connectivity index (χ1n) is 6.42. The van der Waals surface area contributed by atoms with Crippen molar-refractivity contribution < 1.29 is 13.9 Å². The van der Waals surface area contributed by atoms with Crippen LogP contribution in [0.1, 0.15) is 16.9 Å². The van der Waals surface area contributed by atoms with Gasteiger partial charge in [-0.25, -0.2) is 5.43 Å².